The maximum Gasteiger partial charge on any atom is 0.270 e. The van der Waals surface area contributed by atoms with Crippen molar-refractivity contribution >= 4 is 34.6 Å². The van der Waals surface area contributed by atoms with Crippen LogP contribution < -0.4 is 9.80 Å². The fourth-order valence-corrected chi connectivity index (χ4v) is 5.59. The van der Waals surface area contributed by atoms with Crippen molar-refractivity contribution in [1.82, 2.24) is 14.4 Å². The summed E-state index contributed by atoms with van der Waals surface area (Å²) in [5.41, 5.74) is 4.92. The van der Waals surface area contributed by atoms with E-state index in [0.717, 1.165) is 54.8 Å². The number of hydrogen-bond donors (Lipinski definition) is 0. The first-order valence-corrected chi connectivity index (χ1v) is 13.3. The second-order valence-electron chi connectivity index (χ2n) is 9.94. The second-order valence-corrected chi connectivity index (χ2v) is 10.3. The minimum atomic E-state index is -0.505. The van der Waals surface area contributed by atoms with Crippen LogP contribution in [-0.2, 0) is 13.6 Å². The number of carbonyl (C=O) groups is 1. The third kappa shape index (κ3) is 5.22. The van der Waals surface area contributed by atoms with Crippen molar-refractivity contribution in [3.8, 4) is 0 Å². The zero-order valence-electron chi connectivity index (χ0n) is 21.8. The van der Waals surface area contributed by atoms with Gasteiger partial charge in [-0.3, -0.25) is 9.69 Å². The van der Waals surface area contributed by atoms with E-state index in [9.17, 15) is 9.18 Å². The van der Waals surface area contributed by atoms with Gasteiger partial charge in [0.2, 0.25) is 5.69 Å². The molecule has 2 aliphatic rings. The number of anilines is 2. The zero-order valence-corrected chi connectivity index (χ0v) is 22.6. The lowest BCUT2D eigenvalue weighted by molar-refractivity contribution is 0.0737. The van der Waals surface area contributed by atoms with Crippen LogP contribution in [0.15, 0.2) is 48.5 Å². The Labute approximate surface area is 228 Å². The van der Waals surface area contributed by atoms with Gasteiger partial charge >= 0.3 is 0 Å². The second kappa shape index (κ2) is 11.1. The summed E-state index contributed by atoms with van der Waals surface area (Å²) in [6.07, 6.45) is 0. The molecule has 0 saturated carbocycles. The van der Waals surface area contributed by atoms with Crippen LogP contribution in [0.3, 0.4) is 0 Å². The van der Waals surface area contributed by atoms with Crippen molar-refractivity contribution < 1.29 is 9.18 Å². The van der Waals surface area contributed by atoms with Gasteiger partial charge in [0.1, 0.15) is 11.5 Å². The predicted octanol–water partition coefficient (Wildman–Crippen LogP) is 4.96. The van der Waals surface area contributed by atoms with Gasteiger partial charge in [-0.1, -0.05) is 23.7 Å². The molecule has 2 saturated heterocycles. The fourth-order valence-electron chi connectivity index (χ4n) is 5.34. The Morgan fingerprint density at radius 3 is 2.34 bits per heavy atom. The third-order valence-corrected chi connectivity index (χ3v) is 8.12. The Morgan fingerprint density at radius 1 is 0.974 bits per heavy atom. The van der Waals surface area contributed by atoms with Gasteiger partial charge in [-0.2, -0.15) is 0 Å². The molecule has 7 nitrogen and oxygen atoms in total. The summed E-state index contributed by atoms with van der Waals surface area (Å²) in [4.78, 5) is 25.5. The first kappa shape index (κ1) is 26.1. The van der Waals surface area contributed by atoms with Gasteiger partial charge < -0.3 is 19.3 Å². The largest absolute Gasteiger partial charge is 0.369 e. The van der Waals surface area contributed by atoms with E-state index in [2.05, 4.69) is 32.5 Å². The summed E-state index contributed by atoms with van der Waals surface area (Å²) < 4.78 is 15.7. The molecule has 0 aliphatic carbocycles. The molecule has 5 rings (SSSR count). The number of nitrogens with zero attached hydrogens (tertiary/aromatic N) is 6. The number of piperazine rings is 2. The van der Waals surface area contributed by atoms with Crippen molar-refractivity contribution in [3.63, 3.8) is 0 Å². The molecule has 1 amide bonds. The van der Waals surface area contributed by atoms with Crippen molar-refractivity contribution in [3.05, 3.63) is 87.7 Å². The Balaban J connectivity index is 1.19. The Bertz CT molecular complexity index is 1370. The van der Waals surface area contributed by atoms with E-state index in [1.807, 2.05) is 40.8 Å². The minimum absolute atomic E-state index is 0.0260. The molecule has 0 bridgehead atoms. The maximum atomic E-state index is 13.7. The van der Waals surface area contributed by atoms with E-state index in [1.54, 1.807) is 12.1 Å². The Morgan fingerprint density at radius 2 is 1.66 bits per heavy atom. The summed E-state index contributed by atoms with van der Waals surface area (Å²) in [5.74, 6) is -0.471. The number of hydrogen-bond acceptors (Lipinski definition) is 4. The highest BCUT2D eigenvalue weighted by molar-refractivity contribution is 6.33. The van der Waals surface area contributed by atoms with Gasteiger partial charge in [0.15, 0.2) is 0 Å². The SMILES string of the molecule is [C-]#[N+]c1cc(N2CCN(C(=O)c3cc(CN4CCN(c5ccccc5Cl)CC4)c(C)n3C)CC2)ccc1F. The molecule has 198 valence electrons. The van der Waals surface area contributed by atoms with Crippen LogP contribution in [-0.4, -0.2) is 72.6 Å². The van der Waals surface area contributed by atoms with Crippen LogP contribution in [0.4, 0.5) is 21.5 Å². The number of benzene rings is 2. The first-order chi connectivity index (χ1) is 18.4. The molecule has 9 heteroatoms. The van der Waals surface area contributed by atoms with Crippen LogP contribution in [0.1, 0.15) is 21.7 Å². The summed E-state index contributed by atoms with van der Waals surface area (Å²) >= 11 is 6.39. The van der Waals surface area contributed by atoms with E-state index >= 15 is 0 Å². The number of carbonyl (C=O) groups excluding carboxylic acids is 1. The number of rotatable bonds is 5. The highest BCUT2D eigenvalue weighted by Crippen LogP contribution is 2.28. The summed E-state index contributed by atoms with van der Waals surface area (Å²) in [5, 5.41) is 0.787. The molecule has 0 atom stereocenters. The molecule has 3 aromatic rings. The summed E-state index contributed by atoms with van der Waals surface area (Å²) in [6, 6.07) is 14.6. The molecule has 2 fully saturated rings. The monoisotopic (exact) mass is 534 g/mol. The van der Waals surface area contributed by atoms with Gasteiger partial charge in [0, 0.05) is 77.3 Å². The van der Waals surface area contributed by atoms with Gasteiger partial charge in [0.25, 0.3) is 5.91 Å². The Hall–Kier alpha value is -3.54. The van der Waals surface area contributed by atoms with Crippen molar-refractivity contribution in [2.45, 2.75) is 13.5 Å². The smallest absolute Gasteiger partial charge is 0.270 e. The Kier molecular flexibility index (Phi) is 7.59. The quantitative estimate of drug-likeness (QED) is 0.434. The van der Waals surface area contributed by atoms with Gasteiger partial charge in [0.05, 0.1) is 17.3 Å². The predicted molar refractivity (Wildman–Crippen MR) is 150 cm³/mol. The lowest BCUT2D eigenvalue weighted by atomic mass is 10.2. The molecule has 0 spiro atoms. The molecule has 0 N–H and O–H groups in total. The highest BCUT2D eigenvalue weighted by atomic mass is 35.5. The van der Waals surface area contributed by atoms with E-state index in [4.69, 9.17) is 18.2 Å². The normalized spacial score (nSPS) is 16.6. The molecule has 2 aliphatic heterocycles. The molecule has 0 unspecified atom stereocenters. The molecule has 2 aromatic carbocycles. The van der Waals surface area contributed by atoms with Gasteiger partial charge in [-0.15, -0.1) is 0 Å². The number of aromatic nitrogens is 1. The summed E-state index contributed by atoms with van der Waals surface area (Å²) in [7, 11) is 1.96. The van der Waals surface area contributed by atoms with Crippen molar-refractivity contribution in [2.75, 3.05) is 62.2 Å². The molecule has 0 radical (unpaired) electrons. The molecule has 3 heterocycles. The average molecular weight is 535 g/mol. The first-order valence-electron chi connectivity index (χ1n) is 12.9. The zero-order chi connectivity index (χ0) is 26.8. The lowest BCUT2D eigenvalue weighted by Crippen LogP contribution is -2.49. The third-order valence-electron chi connectivity index (χ3n) is 7.80. The van der Waals surface area contributed by atoms with Crippen LogP contribution in [0, 0.1) is 19.3 Å². The maximum absolute atomic E-state index is 13.7. The molecule has 38 heavy (non-hydrogen) atoms. The molecular formula is C29H32ClFN6O. The minimum Gasteiger partial charge on any atom is -0.369 e. The number of halogens is 2. The number of para-hydroxylation sites is 1. The van der Waals surface area contributed by atoms with E-state index in [1.165, 1.54) is 11.6 Å². The average Bonchev–Trinajstić information content (AvgIpc) is 3.22. The van der Waals surface area contributed by atoms with Crippen molar-refractivity contribution in [1.29, 1.82) is 0 Å². The van der Waals surface area contributed by atoms with Crippen LogP contribution in [0.25, 0.3) is 4.85 Å². The van der Waals surface area contributed by atoms with Crippen LogP contribution in [0.5, 0.6) is 0 Å². The van der Waals surface area contributed by atoms with Gasteiger partial charge in [-0.25, -0.2) is 9.24 Å². The fraction of sp³-hybridized carbons (Fsp3) is 0.379. The number of amides is 1. The molecular weight excluding hydrogens is 503 g/mol. The van der Waals surface area contributed by atoms with Crippen LogP contribution in [0.2, 0.25) is 5.02 Å². The van der Waals surface area contributed by atoms with E-state index in [0.29, 0.717) is 31.9 Å². The molecule has 1 aromatic heterocycles. The van der Waals surface area contributed by atoms with Crippen molar-refractivity contribution in [2.24, 2.45) is 7.05 Å². The highest BCUT2D eigenvalue weighted by Gasteiger charge is 2.27. The van der Waals surface area contributed by atoms with E-state index in [-0.39, 0.29) is 11.6 Å². The van der Waals surface area contributed by atoms with Gasteiger partial charge in [-0.05, 0) is 48.9 Å². The van der Waals surface area contributed by atoms with Crippen LogP contribution >= 0.6 is 11.6 Å². The lowest BCUT2D eigenvalue weighted by Gasteiger charge is -2.36. The van der Waals surface area contributed by atoms with E-state index < -0.39 is 5.82 Å². The standard InChI is InChI=1S/C29H32ClFN6O/c1-21-22(20-34-10-12-36(13-11-34)27-7-5-4-6-24(27)30)18-28(33(21)3)29(38)37-16-14-35(15-17-37)23-8-9-25(31)26(19-23)32-2/h4-9,18-19H,10-17,20H2,1,3H3. The topological polar surface area (TPSA) is 39.3 Å². The summed E-state index contributed by atoms with van der Waals surface area (Å²) in [6.45, 7) is 16.2.